The Kier molecular flexibility index (Phi) is 3.49. The molecule has 0 atom stereocenters. The van der Waals surface area contributed by atoms with Gasteiger partial charge in [0.25, 0.3) is 0 Å². The molecule has 0 radical (unpaired) electrons. The van der Waals surface area contributed by atoms with Crippen LogP contribution >= 0.6 is 0 Å². The lowest BCUT2D eigenvalue weighted by molar-refractivity contribution is 0.463. The van der Waals surface area contributed by atoms with Gasteiger partial charge in [-0.2, -0.15) is 0 Å². The summed E-state index contributed by atoms with van der Waals surface area (Å²) >= 11 is 0. The second-order valence-corrected chi connectivity index (χ2v) is 4.21. The van der Waals surface area contributed by atoms with E-state index in [0.717, 1.165) is 23.6 Å². The second kappa shape index (κ2) is 5.06. The Morgan fingerprint density at radius 1 is 1.24 bits per heavy atom. The Morgan fingerprint density at radius 2 is 1.94 bits per heavy atom. The first kappa shape index (κ1) is 11.7. The van der Waals surface area contributed by atoms with Crippen molar-refractivity contribution in [2.45, 2.75) is 20.0 Å². The molecule has 0 spiro atoms. The number of nitrogens with two attached hydrogens (primary N) is 1. The number of aryl methyl sites for hydroxylation is 1. The number of anilines is 1. The highest BCUT2D eigenvalue weighted by molar-refractivity contribution is 5.45. The average Bonchev–Trinajstić information content (AvgIpc) is 2.70. The zero-order chi connectivity index (χ0) is 12.3. The Balaban J connectivity index is 2.10. The van der Waals surface area contributed by atoms with Crippen molar-refractivity contribution in [3.05, 3.63) is 53.5 Å². The van der Waals surface area contributed by atoms with Crippen LogP contribution in [0.15, 0.2) is 40.8 Å². The molecule has 0 saturated heterocycles. The zero-order valence-electron chi connectivity index (χ0n) is 10.3. The molecule has 3 heteroatoms. The van der Waals surface area contributed by atoms with E-state index in [-0.39, 0.29) is 0 Å². The first-order chi connectivity index (χ1) is 8.20. The molecule has 2 N–H and O–H groups in total. The SMILES string of the molecule is Cc1cc(CN(C)c2ccccc2)oc1CN. The summed E-state index contributed by atoms with van der Waals surface area (Å²) in [5.74, 6) is 1.83. The summed E-state index contributed by atoms with van der Waals surface area (Å²) < 4.78 is 5.69. The predicted octanol–water partition coefficient (Wildman–Crippen LogP) is 2.68. The number of rotatable bonds is 4. The van der Waals surface area contributed by atoms with E-state index in [1.807, 2.05) is 25.1 Å². The van der Waals surface area contributed by atoms with Crippen molar-refractivity contribution in [3.63, 3.8) is 0 Å². The molecular formula is C14H18N2O. The Morgan fingerprint density at radius 3 is 2.53 bits per heavy atom. The summed E-state index contributed by atoms with van der Waals surface area (Å²) in [6.45, 7) is 3.24. The van der Waals surface area contributed by atoms with Crippen LogP contribution in [0.2, 0.25) is 0 Å². The van der Waals surface area contributed by atoms with Crippen LogP contribution in [0.1, 0.15) is 17.1 Å². The van der Waals surface area contributed by atoms with E-state index in [0.29, 0.717) is 6.54 Å². The van der Waals surface area contributed by atoms with E-state index < -0.39 is 0 Å². The lowest BCUT2D eigenvalue weighted by atomic mass is 10.2. The Hall–Kier alpha value is -1.74. The van der Waals surface area contributed by atoms with Crippen LogP contribution in [-0.4, -0.2) is 7.05 Å². The van der Waals surface area contributed by atoms with Crippen LogP contribution in [0.4, 0.5) is 5.69 Å². The van der Waals surface area contributed by atoms with E-state index >= 15 is 0 Å². The molecule has 90 valence electrons. The second-order valence-electron chi connectivity index (χ2n) is 4.21. The smallest absolute Gasteiger partial charge is 0.123 e. The van der Waals surface area contributed by atoms with E-state index in [2.05, 4.69) is 30.1 Å². The Labute approximate surface area is 102 Å². The average molecular weight is 230 g/mol. The third-order valence-electron chi connectivity index (χ3n) is 2.85. The van der Waals surface area contributed by atoms with Crippen molar-refractivity contribution < 1.29 is 4.42 Å². The Bertz CT molecular complexity index is 476. The molecule has 0 aliphatic heterocycles. The van der Waals surface area contributed by atoms with Gasteiger partial charge in [-0.1, -0.05) is 18.2 Å². The molecule has 17 heavy (non-hydrogen) atoms. The largest absolute Gasteiger partial charge is 0.463 e. The van der Waals surface area contributed by atoms with Gasteiger partial charge in [0.05, 0.1) is 13.1 Å². The molecule has 0 aliphatic rings. The molecular weight excluding hydrogens is 212 g/mol. The van der Waals surface area contributed by atoms with Crippen LogP contribution in [0.5, 0.6) is 0 Å². The summed E-state index contributed by atoms with van der Waals surface area (Å²) in [7, 11) is 2.05. The van der Waals surface area contributed by atoms with Gasteiger partial charge in [-0.05, 0) is 30.7 Å². The van der Waals surface area contributed by atoms with E-state index in [1.54, 1.807) is 0 Å². The molecule has 1 aromatic carbocycles. The minimum Gasteiger partial charge on any atom is -0.463 e. The van der Waals surface area contributed by atoms with E-state index in [9.17, 15) is 0 Å². The quantitative estimate of drug-likeness (QED) is 0.878. The highest BCUT2D eigenvalue weighted by Crippen LogP contribution is 2.18. The fraction of sp³-hybridized carbons (Fsp3) is 0.286. The van der Waals surface area contributed by atoms with Crippen molar-refractivity contribution in [3.8, 4) is 0 Å². The van der Waals surface area contributed by atoms with Gasteiger partial charge in [0.15, 0.2) is 0 Å². The van der Waals surface area contributed by atoms with Gasteiger partial charge in [-0.3, -0.25) is 0 Å². The van der Waals surface area contributed by atoms with Crippen LogP contribution in [0, 0.1) is 6.92 Å². The molecule has 2 aromatic rings. The molecule has 1 aromatic heterocycles. The number of hydrogen-bond donors (Lipinski definition) is 1. The molecule has 0 aliphatic carbocycles. The molecule has 0 saturated carbocycles. The van der Waals surface area contributed by atoms with Gasteiger partial charge in [0.2, 0.25) is 0 Å². The zero-order valence-corrected chi connectivity index (χ0v) is 10.3. The monoisotopic (exact) mass is 230 g/mol. The summed E-state index contributed by atoms with van der Waals surface area (Å²) in [6.07, 6.45) is 0. The first-order valence-electron chi connectivity index (χ1n) is 5.75. The third-order valence-corrected chi connectivity index (χ3v) is 2.85. The van der Waals surface area contributed by atoms with E-state index in [4.69, 9.17) is 10.2 Å². The predicted molar refractivity (Wildman–Crippen MR) is 69.9 cm³/mol. The van der Waals surface area contributed by atoms with Crippen molar-refractivity contribution in [1.29, 1.82) is 0 Å². The molecule has 1 heterocycles. The van der Waals surface area contributed by atoms with Gasteiger partial charge < -0.3 is 15.1 Å². The number of para-hydroxylation sites is 1. The minimum atomic E-state index is 0.459. The number of nitrogens with zero attached hydrogens (tertiary/aromatic N) is 1. The fourth-order valence-electron chi connectivity index (χ4n) is 1.88. The summed E-state index contributed by atoms with van der Waals surface area (Å²) in [6, 6.07) is 12.3. The standard InChI is InChI=1S/C14H18N2O/c1-11-8-13(17-14(11)9-15)10-16(2)12-6-4-3-5-7-12/h3-8H,9-10,15H2,1-2H3. The maximum atomic E-state index is 5.69. The van der Waals surface area contributed by atoms with Gasteiger partial charge in [0, 0.05) is 12.7 Å². The lowest BCUT2D eigenvalue weighted by Gasteiger charge is -2.17. The summed E-state index contributed by atoms with van der Waals surface area (Å²) in [5, 5.41) is 0. The van der Waals surface area contributed by atoms with Crippen molar-refractivity contribution in [1.82, 2.24) is 0 Å². The van der Waals surface area contributed by atoms with Crippen molar-refractivity contribution >= 4 is 5.69 Å². The molecule has 0 amide bonds. The van der Waals surface area contributed by atoms with Crippen LogP contribution in [0.3, 0.4) is 0 Å². The van der Waals surface area contributed by atoms with Gasteiger partial charge in [-0.25, -0.2) is 0 Å². The summed E-state index contributed by atoms with van der Waals surface area (Å²) in [4.78, 5) is 2.15. The highest BCUT2D eigenvalue weighted by atomic mass is 16.3. The van der Waals surface area contributed by atoms with E-state index in [1.165, 1.54) is 5.69 Å². The topological polar surface area (TPSA) is 42.4 Å². The molecule has 0 fully saturated rings. The normalized spacial score (nSPS) is 10.5. The maximum Gasteiger partial charge on any atom is 0.123 e. The van der Waals surface area contributed by atoms with Gasteiger partial charge in [-0.15, -0.1) is 0 Å². The minimum absolute atomic E-state index is 0.459. The van der Waals surface area contributed by atoms with Crippen molar-refractivity contribution in [2.75, 3.05) is 11.9 Å². The summed E-state index contributed by atoms with van der Waals surface area (Å²) in [5.41, 5.74) is 7.90. The molecule has 2 rings (SSSR count). The number of furan rings is 1. The van der Waals surface area contributed by atoms with Crippen LogP contribution < -0.4 is 10.6 Å². The number of hydrogen-bond acceptors (Lipinski definition) is 3. The first-order valence-corrected chi connectivity index (χ1v) is 5.75. The van der Waals surface area contributed by atoms with Gasteiger partial charge >= 0.3 is 0 Å². The lowest BCUT2D eigenvalue weighted by Crippen LogP contribution is -2.15. The number of benzene rings is 1. The van der Waals surface area contributed by atoms with Crippen molar-refractivity contribution in [2.24, 2.45) is 5.73 Å². The maximum absolute atomic E-state index is 5.69. The third kappa shape index (κ3) is 2.68. The molecule has 3 nitrogen and oxygen atoms in total. The highest BCUT2D eigenvalue weighted by Gasteiger charge is 2.08. The van der Waals surface area contributed by atoms with Crippen LogP contribution in [0.25, 0.3) is 0 Å². The molecule has 0 bridgehead atoms. The molecule has 0 unspecified atom stereocenters. The fourth-order valence-corrected chi connectivity index (χ4v) is 1.88. The van der Waals surface area contributed by atoms with Gasteiger partial charge in [0.1, 0.15) is 11.5 Å². The van der Waals surface area contributed by atoms with Crippen LogP contribution in [-0.2, 0) is 13.1 Å².